The summed E-state index contributed by atoms with van der Waals surface area (Å²) in [5.74, 6) is 0.721. The maximum atomic E-state index is 11.8. The first-order valence-corrected chi connectivity index (χ1v) is 7.45. The third-order valence-corrected chi connectivity index (χ3v) is 3.62. The van der Waals surface area contributed by atoms with E-state index in [2.05, 4.69) is 15.4 Å². The number of ketones is 1. The lowest BCUT2D eigenvalue weighted by molar-refractivity contribution is 0.101. The van der Waals surface area contributed by atoms with E-state index < -0.39 is 0 Å². The second-order valence-electron chi connectivity index (χ2n) is 5.35. The summed E-state index contributed by atoms with van der Waals surface area (Å²) < 4.78 is 1.74. The molecule has 5 nitrogen and oxygen atoms in total. The number of hydrogen-bond acceptors (Lipinski definition) is 4. The predicted molar refractivity (Wildman–Crippen MR) is 89.9 cm³/mol. The molecule has 1 N–H and O–H groups in total. The van der Waals surface area contributed by atoms with Gasteiger partial charge in [-0.2, -0.15) is 0 Å². The first kappa shape index (κ1) is 15.0. The van der Waals surface area contributed by atoms with Crippen molar-refractivity contribution >= 4 is 11.5 Å². The average Bonchev–Trinajstić information content (AvgIpc) is 3.02. The third-order valence-electron chi connectivity index (χ3n) is 3.62. The van der Waals surface area contributed by atoms with Crippen LogP contribution in [0.1, 0.15) is 28.7 Å². The lowest BCUT2D eigenvalue weighted by Gasteiger charge is -2.11. The summed E-state index contributed by atoms with van der Waals surface area (Å²) in [6, 6.07) is 15.6. The Bertz CT molecular complexity index is 824. The van der Waals surface area contributed by atoms with Gasteiger partial charge in [0.1, 0.15) is 6.33 Å². The molecule has 0 unspecified atom stereocenters. The second kappa shape index (κ2) is 6.44. The number of aryl methyl sites for hydroxylation is 1. The normalized spacial score (nSPS) is 10.5. The quantitative estimate of drug-likeness (QED) is 0.734. The molecule has 3 rings (SSSR count). The van der Waals surface area contributed by atoms with Gasteiger partial charge in [0.05, 0.1) is 12.2 Å². The number of hydrogen-bond donors (Lipinski definition) is 1. The molecule has 0 spiro atoms. The number of anilines is 1. The molecule has 0 saturated carbocycles. The van der Waals surface area contributed by atoms with Crippen molar-refractivity contribution in [2.24, 2.45) is 0 Å². The van der Waals surface area contributed by atoms with Gasteiger partial charge in [0, 0.05) is 11.3 Å². The van der Waals surface area contributed by atoms with Crippen LogP contribution in [-0.4, -0.2) is 20.5 Å². The summed E-state index contributed by atoms with van der Waals surface area (Å²) in [4.78, 5) is 16.1. The summed E-state index contributed by atoms with van der Waals surface area (Å²) in [6.07, 6.45) is 1.69. The SMILES string of the molecule is CC(=O)c1c(C)cccc1NCc1ncn(-c2ccccc2)n1. The highest BCUT2D eigenvalue weighted by molar-refractivity contribution is 6.00. The van der Waals surface area contributed by atoms with Gasteiger partial charge >= 0.3 is 0 Å². The van der Waals surface area contributed by atoms with E-state index in [-0.39, 0.29) is 5.78 Å². The molecular weight excluding hydrogens is 288 g/mol. The van der Waals surface area contributed by atoms with Crippen molar-refractivity contribution in [3.05, 3.63) is 71.8 Å². The Balaban J connectivity index is 1.76. The summed E-state index contributed by atoms with van der Waals surface area (Å²) in [5, 5.41) is 7.71. The summed E-state index contributed by atoms with van der Waals surface area (Å²) in [6.45, 7) is 3.98. The largest absolute Gasteiger partial charge is 0.377 e. The first-order chi connectivity index (χ1) is 11.1. The lowest BCUT2D eigenvalue weighted by atomic mass is 10.0. The van der Waals surface area contributed by atoms with Gasteiger partial charge in [-0.25, -0.2) is 9.67 Å². The summed E-state index contributed by atoms with van der Waals surface area (Å²) in [7, 11) is 0. The van der Waals surface area contributed by atoms with Crippen LogP contribution in [0.3, 0.4) is 0 Å². The van der Waals surface area contributed by atoms with Crippen LogP contribution in [-0.2, 0) is 6.54 Å². The van der Waals surface area contributed by atoms with Crippen LogP contribution in [0.5, 0.6) is 0 Å². The fraction of sp³-hybridized carbons (Fsp3) is 0.167. The molecule has 0 saturated heterocycles. The number of nitrogens with zero attached hydrogens (tertiary/aromatic N) is 3. The van der Waals surface area contributed by atoms with Gasteiger partial charge in [-0.3, -0.25) is 4.79 Å². The standard InChI is InChI=1S/C18H18N4O/c1-13-7-6-10-16(18(13)14(2)23)19-11-17-20-12-22(21-17)15-8-4-3-5-9-15/h3-10,12,19H,11H2,1-2H3. The number of aromatic nitrogens is 3. The molecule has 1 heterocycles. The van der Waals surface area contributed by atoms with Gasteiger partial charge in [0.25, 0.3) is 0 Å². The molecule has 0 aliphatic rings. The van der Waals surface area contributed by atoms with Gasteiger partial charge in [0.15, 0.2) is 11.6 Å². The molecule has 116 valence electrons. The van der Waals surface area contributed by atoms with Crippen LogP contribution < -0.4 is 5.32 Å². The minimum atomic E-state index is 0.0494. The molecule has 5 heteroatoms. The van der Waals surface area contributed by atoms with Crippen LogP contribution >= 0.6 is 0 Å². The average molecular weight is 306 g/mol. The minimum Gasteiger partial charge on any atom is -0.377 e. The molecule has 0 aliphatic carbocycles. The number of para-hydroxylation sites is 1. The monoisotopic (exact) mass is 306 g/mol. The minimum absolute atomic E-state index is 0.0494. The van der Waals surface area contributed by atoms with Crippen molar-refractivity contribution in [1.82, 2.24) is 14.8 Å². The molecule has 0 bridgehead atoms. The molecule has 23 heavy (non-hydrogen) atoms. The Morgan fingerprint density at radius 3 is 2.65 bits per heavy atom. The lowest BCUT2D eigenvalue weighted by Crippen LogP contribution is -2.08. The van der Waals surface area contributed by atoms with Crippen molar-refractivity contribution < 1.29 is 4.79 Å². The van der Waals surface area contributed by atoms with Crippen molar-refractivity contribution in [3.8, 4) is 5.69 Å². The number of nitrogens with one attached hydrogen (secondary N) is 1. The summed E-state index contributed by atoms with van der Waals surface area (Å²) >= 11 is 0. The molecule has 2 aromatic carbocycles. The molecule has 0 radical (unpaired) electrons. The highest BCUT2D eigenvalue weighted by atomic mass is 16.1. The number of Topliss-reactive ketones (excluding diaryl/α,β-unsaturated/α-hetero) is 1. The Labute approximate surface area is 135 Å². The zero-order valence-corrected chi connectivity index (χ0v) is 13.2. The third kappa shape index (κ3) is 3.29. The molecule has 0 atom stereocenters. The van der Waals surface area contributed by atoms with Gasteiger partial charge in [0.2, 0.25) is 0 Å². The van der Waals surface area contributed by atoms with Crippen molar-refractivity contribution in [3.63, 3.8) is 0 Å². The van der Waals surface area contributed by atoms with Crippen LogP contribution in [0.25, 0.3) is 5.69 Å². The molecule has 0 aliphatic heterocycles. The van der Waals surface area contributed by atoms with E-state index in [1.165, 1.54) is 0 Å². The highest BCUT2D eigenvalue weighted by Gasteiger charge is 2.10. The van der Waals surface area contributed by atoms with E-state index in [0.717, 1.165) is 22.5 Å². The Morgan fingerprint density at radius 1 is 1.13 bits per heavy atom. The van der Waals surface area contributed by atoms with Gasteiger partial charge in [-0.05, 0) is 37.6 Å². The molecule has 0 fully saturated rings. The summed E-state index contributed by atoms with van der Waals surface area (Å²) in [5.41, 5.74) is 3.46. The van der Waals surface area contributed by atoms with Crippen molar-refractivity contribution in [2.45, 2.75) is 20.4 Å². The van der Waals surface area contributed by atoms with Gasteiger partial charge in [-0.1, -0.05) is 30.3 Å². The maximum Gasteiger partial charge on any atom is 0.170 e. The van der Waals surface area contributed by atoms with E-state index >= 15 is 0 Å². The van der Waals surface area contributed by atoms with Crippen LogP contribution in [0.15, 0.2) is 54.9 Å². The fourth-order valence-electron chi connectivity index (χ4n) is 2.54. The van der Waals surface area contributed by atoms with Crippen LogP contribution in [0.2, 0.25) is 0 Å². The molecule has 1 aromatic heterocycles. The molecule has 0 amide bonds. The fourth-order valence-corrected chi connectivity index (χ4v) is 2.54. The van der Waals surface area contributed by atoms with Crippen molar-refractivity contribution in [2.75, 3.05) is 5.32 Å². The van der Waals surface area contributed by atoms with E-state index in [4.69, 9.17) is 0 Å². The predicted octanol–water partition coefficient (Wildman–Crippen LogP) is 3.39. The van der Waals surface area contributed by atoms with Gasteiger partial charge in [-0.15, -0.1) is 5.10 Å². The number of rotatable bonds is 5. The maximum absolute atomic E-state index is 11.8. The van der Waals surface area contributed by atoms with Crippen LogP contribution in [0.4, 0.5) is 5.69 Å². The second-order valence-corrected chi connectivity index (χ2v) is 5.35. The Kier molecular flexibility index (Phi) is 4.19. The van der Waals surface area contributed by atoms with Crippen molar-refractivity contribution in [1.29, 1.82) is 0 Å². The van der Waals surface area contributed by atoms with E-state index in [1.807, 2.05) is 55.5 Å². The topological polar surface area (TPSA) is 59.8 Å². The number of carbonyl (C=O) groups excluding carboxylic acids is 1. The van der Waals surface area contributed by atoms with E-state index in [9.17, 15) is 4.79 Å². The smallest absolute Gasteiger partial charge is 0.170 e. The van der Waals surface area contributed by atoms with E-state index in [0.29, 0.717) is 12.4 Å². The highest BCUT2D eigenvalue weighted by Crippen LogP contribution is 2.20. The Hall–Kier alpha value is -2.95. The zero-order valence-electron chi connectivity index (χ0n) is 13.2. The number of benzene rings is 2. The van der Waals surface area contributed by atoms with E-state index in [1.54, 1.807) is 17.9 Å². The number of carbonyl (C=O) groups is 1. The van der Waals surface area contributed by atoms with Crippen LogP contribution in [0, 0.1) is 6.92 Å². The molecular formula is C18H18N4O. The first-order valence-electron chi connectivity index (χ1n) is 7.45. The zero-order chi connectivity index (χ0) is 16.2. The van der Waals surface area contributed by atoms with Gasteiger partial charge < -0.3 is 5.32 Å². The molecule has 3 aromatic rings. The Morgan fingerprint density at radius 2 is 1.91 bits per heavy atom.